The van der Waals surface area contributed by atoms with Gasteiger partial charge in [-0.15, -0.1) is 0 Å². The zero-order valence-corrected chi connectivity index (χ0v) is 10.9. The number of hydrogen-bond acceptors (Lipinski definition) is 5. The molecular weight excluding hydrogens is 258 g/mol. The number of para-hydroxylation sites is 1. The van der Waals surface area contributed by atoms with E-state index in [1.54, 1.807) is 41.4 Å². The van der Waals surface area contributed by atoms with Crippen LogP contribution < -0.4 is 0 Å². The lowest BCUT2D eigenvalue weighted by molar-refractivity contribution is 0.859. The first kappa shape index (κ1) is 11.9. The van der Waals surface area contributed by atoms with E-state index >= 15 is 0 Å². The van der Waals surface area contributed by atoms with E-state index < -0.39 is 0 Å². The normalized spacial score (nSPS) is 10.5. The quantitative estimate of drug-likeness (QED) is 0.680. The van der Waals surface area contributed by atoms with E-state index in [1.807, 2.05) is 30.3 Å². The van der Waals surface area contributed by atoms with Gasteiger partial charge in [0.1, 0.15) is 11.4 Å². The molecule has 94 valence electrons. The second-order valence-electron chi connectivity index (χ2n) is 3.77. The molecule has 0 aliphatic rings. The minimum Gasteiger partial charge on any atom is -0.260 e. The van der Waals surface area contributed by atoms with Crippen molar-refractivity contribution in [3.05, 3.63) is 61.1 Å². The summed E-state index contributed by atoms with van der Waals surface area (Å²) in [5.74, 6) is 1.46. The molecule has 2 heterocycles. The van der Waals surface area contributed by atoms with Gasteiger partial charge in [-0.2, -0.15) is 5.10 Å². The van der Waals surface area contributed by atoms with E-state index in [1.165, 1.54) is 0 Å². The maximum Gasteiger partial charge on any atom is 0.161 e. The lowest BCUT2D eigenvalue weighted by atomic mass is 10.3. The van der Waals surface area contributed by atoms with Gasteiger partial charge in [0.15, 0.2) is 5.82 Å². The summed E-state index contributed by atoms with van der Waals surface area (Å²) in [5, 5.41) is 5.31. The predicted molar refractivity (Wildman–Crippen MR) is 73.0 cm³/mol. The molecule has 3 aromatic rings. The molecule has 1 aromatic carbocycles. The first-order valence-electron chi connectivity index (χ1n) is 5.76. The Bertz CT molecular complexity index is 638. The Kier molecular flexibility index (Phi) is 3.51. The fourth-order valence-corrected chi connectivity index (χ4v) is 2.25. The highest BCUT2D eigenvalue weighted by Gasteiger charge is 2.04. The molecule has 0 amide bonds. The van der Waals surface area contributed by atoms with Crippen molar-refractivity contribution in [1.82, 2.24) is 24.7 Å². The van der Waals surface area contributed by atoms with Crippen molar-refractivity contribution in [2.75, 3.05) is 0 Å². The third-order valence-electron chi connectivity index (χ3n) is 2.45. The Morgan fingerprint density at radius 1 is 1.05 bits per heavy atom. The first-order valence-corrected chi connectivity index (χ1v) is 6.75. The third-order valence-corrected chi connectivity index (χ3v) is 3.36. The van der Waals surface area contributed by atoms with Crippen LogP contribution in [-0.2, 0) is 5.75 Å². The molecule has 2 aromatic heterocycles. The van der Waals surface area contributed by atoms with E-state index in [0.29, 0.717) is 5.75 Å². The third kappa shape index (κ3) is 2.97. The molecule has 0 atom stereocenters. The van der Waals surface area contributed by atoms with Crippen LogP contribution >= 0.6 is 11.8 Å². The zero-order valence-electron chi connectivity index (χ0n) is 10.0. The average molecular weight is 269 g/mol. The number of rotatable bonds is 4. The minimum absolute atomic E-state index is 0.679. The van der Waals surface area contributed by atoms with Crippen molar-refractivity contribution < 1.29 is 0 Å². The largest absolute Gasteiger partial charge is 0.260 e. The van der Waals surface area contributed by atoms with Crippen molar-refractivity contribution >= 4 is 11.8 Å². The van der Waals surface area contributed by atoms with Crippen molar-refractivity contribution in [2.24, 2.45) is 0 Å². The standard InChI is InChI=1S/C13H11N5S/c1-2-4-11(5-3-1)18-10-16-12(17-18)9-19-13-8-14-6-7-15-13/h1-8,10H,9H2. The summed E-state index contributed by atoms with van der Waals surface area (Å²) in [6.07, 6.45) is 6.80. The van der Waals surface area contributed by atoms with Gasteiger partial charge in [0.25, 0.3) is 0 Å². The van der Waals surface area contributed by atoms with Crippen LogP contribution in [0.15, 0.2) is 60.3 Å². The Labute approximate surface area is 114 Å². The van der Waals surface area contributed by atoms with Gasteiger partial charge in [0.2, 0.25) is 0 Å². The molecule has 0 aliphatic carbocycles. The van der Waals surface area contributed by atoms with Crippen LogP contribution in [0.4, 0.5) is 0 Å². The highest BCUT2D eigenvalue weighted by Crippen LogP contribution is 2.17. The summed E-state index contributed by atoms with van der Waals surface area (Å²) >= 11 is 1.57. The maximum atomic E-state index is 4.43. The number of hydrogen-bond donors (Lipinski definition) is 0. The SMILES string of the molecule is c1ccc(-n2cnc(CSc3cnccn3)n2)cc1. The topological polar surface area (TPSA) is 56.5 Å². The Hall–Kier alpha value is -2.21. The van der Waals surface area contributed by atoms with E-state index in [4.69, 9.17) is 0 Å². The fourth-order valence-electron chi connectivity index (χ4n) is 1.57. The van der Waals surface area contributed by atoms with Crippen LogP contribution in [0.2, 0.25) is 0 Å². The summed E-state index contributed by atoms with van der Waals surface area (Å²) < 4.78 is 1.77. The Morgan fingerprint density at radius 3 is 2.74 bits per heavy atom. The van der Waals surface area contributed by atoms with E-state index in [2.05, 4.69) is 20.1 Å². The van der Waals surface area contributed by atoms with Crippen LogP contribution in [0.3, 0.4) is 0 Å². The molecule has 3 rings (SSSR count). The molecule has 0 aliphatic heterocycles. The summed E-state index contributed by atoms with van der Waals surface area (Å²) in [5.41, 5.74) is 1.01. The van der Waals surface area contributed by atoms with Crippen LogP contribution in [-0.4, -0.2) is 24.7 Å². The predicted octanol–water partition coefficient (Wildman–Crippen LogP) is 2.35. The first-order chi connectivity index (χ1) is 9.42. The second-order valence-corrected chi connectivity index (χ2v) is 4.77. The number of aromatic nitrogens is 5. The summed E-state index contributed by atoms with van der Waals surface area (Å²) in [6.45, 7) is 0. The molecule has 0 bridgehead atoms. The highest BCUT2D eigenvalue weighted by molar-refractivity contribution is 7.98. The molecule has 19 heavy (non-hydrogen) atoms. The van der Waals surface area contributed by atoms with Gasteiger partial charge >= 0.3 is 0 Å². The molecule has 0 spiro atoms. The van der Waals surface area contributed by atoms with Crippen molar-refractivity contribution in [2.45, 2.75) is 10.8 Å². The lowest BCUT2D eigenvalue weighted by Crippen LogP contribution is -1.95. The second kappa shape index (κ2) is 5.62. The van der Waals surface area contributed by atoms with E-state index in [9.17, 15) is 0 Å². The van der Waals surface area contributed by atoms with Gasteiger partial charge in [-0.25, -0.2) is 14.6 Å². The summed E-state index contributed by atoms with van der Waals surface area (Å²) in [7, 11) is 0. The summed E-state index contributed by atoms with van der Waals surface area (Å²) in [6, 6.07) is 9.92. The van der Waals surface area contributed by atoms with Gasteiger partial charge < -0.3 is 0 Å². The highest BCUT2D eigenvalue weighted by atomic mass is 32.2. The van der Waals surface area contributed by atoms with E-state index in [0.717, 1.165) is 16.5 Å². The average Bonchev–Trinajstić information content (AvgIpc) is 2.96. The number of nitrogens with zero attached hydrogens (tertiary/aromatic N) is 5. The van der Waals surface area contributed by atoms with Crippen molar-refractivity contribution in [1.29, 1.82) is 0 Å². The Morgan fingerprint density at radius 2 is 1.95 bits per heavy atom. The van der Waals surface area contributed by atoms with Gasteiger partial charge in [0.05, 0.1) is 17.6 Å². The monoisotopic (exact) mass is 269 g/mol. The molecule has 0 N–H and O–H groups in total. The maximum absolute atomic E-state index is 4.43. The van der Waals surface area contributed by atoms with Crippen LogP contribution in [0, 0.1) is 0 Å². The van der Waals surface area contributed by atoms with Crippen LogP contribution in [0.5, 0.6) is 0 Å². The number of thioether (sulfide) groups is 1. The van der Waals surface area contributed by atoms with Crippen molar-refractivity contribution in [3.63, 3.8) is 0 Å². The fraction of sp³-hybridized carbons (Fsp3) is 0.0769. The smallest absolute Gasteiger partial charge is 0.161 e. The van der Waals surface area contributed by atoms with Crippen LogP contribution in [0.1, 0.15) is 5.82 Å². The van der Waals surface area contributed by atoms with E-state index in [-0.39, 0.29) is 0 Å². The van der Waals surface area contributed by atoms with Gasteiger partial charge in [0, 0.05) is 12.4 Å². The molecule has 0 saturated carbocycles. The van der Waals surface area contributed by atoms with Gasteiger partial charge in [-0.3, -0.25) is 4.98 Å². The minimum atomic E-state index is 0.679. The molecule has 0 fully saturated rings. The number of benzene rings is 1. The zero-order chi connectivity index (χ0) is 12.9. The molecule has 0 saturated heterocycles. The summed E-state index contributed by atoms with van der Waals surface area (Å²) in [4.78, 5) is 12.5. The lowest BCUT2D eigenvalue weighted by Gasteiger charge is -1.98. The van der Waals surface area contributed by atoms with Crippen LogP contribution in [0.25, 0.3) is 5.69 Å². The molecular formula is C13H11N5S. The van der Waals surface area contributed by atoms with Gasteiger partial charge in [-0.05, 0) is 12.1 Å². The molecule has 6 heteroatoms. The Balaban J connectivity index is 1.69. The molecule has 0 radical (unpaired) electrons. The van der Waals surface area contributed by atoms with Gasteiger partial charge in [-0.1, -0.05) is 30.0 Å². The molecule has 5 nitrogen and oxygen atoms in total. The molecule has 0 unspecified atom stereocenters. The van der Waals surface area contributed by atoms with Crippen molar-refractivity contribution in [3.8, 4) is 5.69 Å².